The van der Waals surface area contributed by atoms with E-state index in [4.69, 9.17) is 4.98 Å². The van der Waals surface area contributed by atoms with Gasteiger partial charge in [0.1, 0.15) is 5.82 Å². The van der Waals surface area contributed by atoms with Crippen LogP contribution in [0.2, 0.25) is 0 Å². The fourth-order valence-electron chi connectivity index (χ4n) is 12.2. The van der Waals surface area contributed by atoms with E-state index in [9.17, 15) is 0 Å². The normalized spacial score (nSPS) is 14.7. The van der Waals surface area contributed by atoms with Gasteiger partial charge in [-0.2, -0.15) is 0 Å². The van der Waals surface area contributed by atoms with Crippen molar-refractivity contribution in [3.8, 4) is 33.6 Å². The third kappa shape index (κ3) is 4.99. The van der Waals surface area contributed by atoms with Crippen LogP contribution in [-0.4, -0.2) is 14.1 Å². The molecule has 1 aliphatic carbocycles. The lowest BCUT2D eigenvalue weighted by Gasteiger charge is -2.28. The lowest BCUT2D eigenvalue weighted by atomic mass is 9.80. The van der Waals surface area contributed by atoms with Crippen molar-refractivity contribution < 1.29 is 0 Å². The lowest BCUT2D eigenvalue weighted by molar-refractivity contribution is 0.665. The monoisotopic (exact) mass is 854 g/mol. The van der Waals surface area contributed by atoms with Gasteiger partial charge in [0.15, 0.2) is 6.17 Å². The number of para-hydroxylation sites is 1. The Morgan fingerprint density at radius 2 is 1.03 bits per heavy atom. The average molecular weight is 855 g/mol. The number of aromatic nitrogens is 3. The molecule has 13 aromatic rings. The first-order valence-corrected chi connectivity index (χ1v) is 23.4. The van der Waals surface area contributed by atoms with Gasteiger partial charge in [-0.25, -0.2) is 4.98 Å². The maximum atomic E-state index is 5.64. The van der Waals surface area contributed by atoms with E-state index in [2.05, 4.69) is 240 Å². The molecule has 1 unspecified atom stereocenters. The predicted octanol–water partition coefficient (Wildman–Crippen LogP) is 16.6. The van der Waals surface area contributed by atoms with Crippen molar-refractivity contribution in [2.75, 3.05) is 4.90 Å². The van der Waals surface area contributed by atoms with Crippen LogP contribution in [0.15, 0.2) is 212 Å². The number of hydrogen-bond acceptors (Lipinski definition) is 2. The smallest absolute Gasteiger partial charge is 0.153 e. The van der Waals surface area contributed by atoms with Gasteiger partial charge < -0.3 is 9.47 Å². The quantitative estimate of drug-likeness (QED) is 0.156. The molecule has 11 aromatic carbocycles. The van der Waals surface area contributed by atoms with Gasteiger partial charge in [-0.05, 0) is 103 Å². The van der Waals surface area contributed by atoms with Crippen molar-refractivity contribution in [3.63, 3.8) is 0 Å². The van der Waals surface area contributed by atoms with Crippen LogP contribution in [0.4, 0.5) is 17.1 Å². The second-order valence-electron chi connectivity index (χ2n) is 19.1. The van der Waals surface area contributed by atoms with Gasteiger partial charge in [-0.1, -0.05) is 184 Å². The highest BCUT2D eigenvalue weighted by molar-refractivity contribution is 6.33. The molecule has 0 bridgehead atoms. The third-order valence-corrected chi connectivity index (χ3v) is 15.1. The Bertz CT molecular complexity index is 4160. The van der Waals surface area contributed by atoms with Crippen molar-refractivity contribution in [3.05, 3.63) is 229 Å². The summed E-state index contributed by atoms with van der Waals surface area (Å²) in [6.45, 7) is 4.87. The molecule has 15 rings (SSSR count). The van der Waals surface area contributed by atoms with Gasteiger partial charge in [-0.15, -0.1) is 0 Å². The van der Waals surface area contributed by atoms with Gasteiger partial charge in [0.25, 0.3) is 0 Å². The second kappa shape index (κ2) is 13.3. The fourth-order valence-corrected chi connectivity index (χ4v) is 12.2. The molecule has 0 radical (unpaired) electrons. The van der Waals surface area contributed by atoms with Crippen LogP contribution in [-0.2, 0) is 5.41 Å². The summed E-state index contributed by atoms with van der Waals surface area (Å²) in [7, 11) is 0. The molecule has 3 heterocycles. The molecule has 0 fully saturated rings. The van der Waals surface area contributed by atoms with E-state index in [1.54, 1.807) is 0 Å². The summed E-state index contributed by atoms with van der Waals surface area (Å²) < 4.78 is 5.16. The SMILES string of the molecule is CC1(C)c2cc(N(c3ccccc3)c3ccc(-c4ccccc4)cc3)ccc2-c2c1c1cc3n(c1c1ccccc21)C3n1c(-c2ccccc2)nc2c3cccc4ccc5cccc(c5c43)c21. The predicted molar refractivity (Wildman–Crippen MR) is 280 cm³/mol. The van der Waals surface area contributed by atoms with Crippen LogP contribution >= 0.6 is 0 Å². The van der Waals surface area contributed by atoms with Crippen LogP contribution in [0.1, 0.15) is 36.8 Å². The number of nitrogens with zero attached hydrogens (tertiary/aromatic N) is 4. The first-order valence-electron chi connectivity index (χ1n) is 23.4. The Morgan fingerprint density at radius 3 is 1.76 bits per heavy atom. The van der Waals surface area contributed by atoms with Crippen LogP contribution in [0.5, 0.6) is 0 Å². The van der Waals surface area contributed by atoms with Crippen molar-refractivity contribution in [1.82, 2.24) is 14.1 Å². The van der Waals surface area contributed by atoms with Gasteiger partial charge in [0.2, 0.25) is 0 Å². The Kier molecular flexibility index (Phi) is 7.31. The number of anilines is 3. The summed E-state index contributed by atoms with van der Waals surface area (Å²) in [5, 5.41) is 11.5. The molecule has 0 amide bonds. The molecule has 4 nitrogen and oxygen atoms in total. The highest BCUT2D eigenvalue weighted by Gasteiger charge is 2.45. The highest BCUT2D eigenvalue weighted by atomic mass is 15.4. The van der Waals surface area contributed by atoms with E-state index >= 15 is 0 Å². The zero-order valence-corrected chi connectivity index (χ0v) is 37.1. The maximum absolute atomic E-state index is 5.64. The van der Waals surface area contributed by atoms with E-state index in [-0.39, 0.29) is 11.6 Å². The molecule has 0 saturated heterocycles. The number of benzene rings is 11. The molecular weight excluding hydrogens is 813 g/mol. The zero-order valence-electron chi connectivity index (χ0n) is 37.1. The van der Waals surface area contributed by atoms with Gasteiger partial charge in [0, 0.05) is 49.6 Å². The third-order valence-electron chi connectivity index (χ3n) is 15.1. The van der Waals surface area contributed by atoms with E-state index in [0.29, 0.717) is 0 Å². The fraction of sp³-hybridized carbons (Fsp3) is 0.0635. The number of hydrogen-bond donors (Lipinski definition) is 0. The van der Waals surface area contributed by atoms with E-state index in [0.717, 1.165) is 34.0 Å². The average Bonchev–Trinajstić information content (AvgIpc) is 3.61. The van der Waals surface area contributed by atoms with Gasteiger partial charge >= 0.3 is 0 Å². The first kappa shape index (κ1) is 36.8. The van der Waals surface area contributed by atoms with Crippen molar-refractivity contribution >= 4 is 82.1 Å². The minimum Gasteiger partial charge on any atom is -0.313 e. The minimum absolute atomic E-state index is 0.00802. The van der Waals surface area contributed by atoms with Crippen LogP contribution in [0.25, 0.3) is 98.7 Å². The van der Waals surface area contributed by atoms with Crippen molar-refractivity contribution in [2.24, 2.45) is 0 Å². The van der Waals surface area contributed by atoms with E-state index in [1.165, 1.54) is 98.6 Å². The summed E-state index contributed by atoms with van der Waals surface area (Å²) in [6, 6.07) is 78.0. The molecule has 0 spiro atoms. The van der Waals surface area contributed by atoms with Gasteiger partial charge in [-0.3, -0.25) is 4.57 Å². The topological polar surface area (TPSA) is 26.0 Å². The van der Waals surface area contributed by atoms with Crippen LogP contribution < -0.4 is 4.90 Å². The summed E-state index contributed by atoms with van der Waals surface area (Å²) in [5.41, 5.74) is 17.0. The molecule has 314 valence electrons. The molecule has 1 atom stereocenters. The van der Waals surface area contributed by atoms with Crippen LogP contribution in [0, 0.1) is 0 Å². The Balaban J connectivity index is 0.925. The van der Waals surface area contributed by atoms with Crippen molar-refractivity contribution in [1.29, 1.82) is 0 Å². The molecule has 2 aromatic heterocycles. The first-order chi connectivity index (χ1) is 33.0. The Labute approximate surface area is 387 Å². The largest absolute Gasteiger partial charge is 0.313 e. The standard InChI is InChI=1S/C63H42N4/c1-63(2)52-36-45(65(43-22-10-5-11-23-43)44-32-30-39(31-33-44)38-16-6-3-7-17-38)34-35-48(52)56-46-24-12-13-25-47(46)59-51(57(56)63)37-53-62(66(53)59)67-60-50-27-15-21-41-29-28-40-20-14-26-49(54(40)55(41)50)58(60)64-61(67)42-18-8-4-9-19-42/h3-37,62H,1-2H3. The summed E-state index contributed by atoms with van der Waals surface area (Å²) in [5.74, 6) is 0.998. The number of fused-ring (bicyclic) bond motifs is 13. The lowest BCUT2D eigenvalue weighted by Crippen LogP contribution is -2.17. The minimum atomic E-state index is -0.278. The molecular formula is C63H42N4. The summed E-state index contributed by atoms with van der Waals surface area (Å²) >= 11 is 0. The van der Waals surface area contributed by atoms with E-state index < -0.39 is 0 Å². The van der Waals surface area contributed by atoms with Crippen LogP contribution in [0.3, 0.4) is 0 Å². The number of imidazole rings is 1. The summed E-state index contributed by atoms with van der Waals surface area (Å²) in [6.07, 6.45) is -0.00802. The zero-order chi connectivity index (χ0) is 44.1. The molecule has 1 aliphatic heterocycles. The molecule has 4 heteroatoms. The molecule has 0 saturated carbocycles. The molecule has 0 N–H and O–H groups in total. The maximum Gasteiger partial charge on any atom is 0.153 e. The Morgan fingerprint density at radius 1 is 0.448 bits per heavy atom. The van der Waals surface area contributed by atoms with E-state index in [1.807, 2.05) is 0 Å². The Hall–Kier alpha value is -8.47. The molecule has 67 heavy (non-hydrogen) atoms. The van der Waals surface area contributed by atoms with Gasteiger partial charge in [0.05, 0.1) is 22.2 Å². The molecule has 2 aliphatic rings. The number of rotatable bonds is 6. The summed E-state index contributed by atoms with van der Waals surface area (Å²) in [4.78, 5) is 8.04. The second-order valence-corrected chi connectivity index (χ2v) is 19.1. The van der Waals surface area contributed by atoms with Crippen molar-refractivity contribution in [2.45, 2.75) is 25.4 Å². The highest BCUT2D eigenvalue weighted by Crippen LogP contribution is 2.59.